The topological polar surface area (TPSA) is 108 Å². The molecular weight excluding hydrogens is 306 g/mol. The zero-order chi connectivity index (χ0) is 16.3. The number of nitrogens with zero attached hydrogens (tertiary/aromatic N) is 2. The summed E-state index contributed by atoms with van der Waals surface area (Å²) < 4.78 is 32.9. The van der Waals surface area contributed by atoms with Crippen LogP contribution in [0.15, 0.2) is 16.7 Å². The van der Waals surface area contributed by atoms with E-state index in [1.807, 2.05) is 32.9 Å². The van der Waals surface area contributed by atoms with Gasteiger partial charge in [-0.25, -0.2) is 13.6 Å². The second kappa shape index (κ2) is 6.55. The maximum absolute atomic E-state index is 11.3. The monoisotopic (exact) mass is 325 g/mol. The number of hydrogen-bond acceptors (Lipinski definition) is 6. The smallest absolute Gasteiger partial charge is 0.252 e. The number of hydrogen-bond donors (Lipinski definition) is 1. The molecule has 1 aromatic heterocycles. The van der Waals surface area contributed by atoms with Crippen molar-refractivity contribution in [1.82, 2.24) is 10.1 Å². The van der Waals surface area contributed by atoms with E-state index in [1.165, 1.54) is 0 Å². The molecule has 8 heteroatoms. The van der Waals surface area contributed by atoms with Crippen LogP contribution in [0.1, 0.15) is 29.5 Å². The molecule has 2 N–H and O–H groups in total. The highest BCUT2D eigenvalue weighted by atomic mass is 32.2. The van der Waals surface area contributed by atoms with Crippen molar-refractivity contribution < 1.29 is 17.7 Å². The van der Waals surface area contributed by atoms with Crippen LogP contribution in [-0.2, 0) is 27.1 Å². The molecule has 1 heterocycles. The average Bonchev–Trinajstić information content (AvgIpc) is 2.88. The fraction of sp³-hybridized carbons (Fsp3) is 0.429. The van der Waals surface area contributed by atoms with E-state index < -0.39 is 10.0 Å². The first-order valence-corrected chi connectivity index (χ1v) is 8.53. The summed E-state index contributed by atoms with van der Waals surface area (Å²) in [6, 6.07) is 3.64. The van der Waals surface area contributed by atoms with Crippen LogP contribution in [0.3, 0.4) is 0 Å². The van der Waals surface area contributed by atoms with Gasteiger partial charge in [-0.15, -0.1) is 0 Å². The third-order valence-electron chi connectivity index (χ3n) is 3.20. The highest BCUT2D eigenvalue weighted by Crippen LogP contribution is 2.24. The number of primary sulfonamides is 1. The molecule has 2 aromatic rings. The lowest BCUT2D eigenvalue weighted by Crippen LogP contribution is -2.16. The quantitative estimate of drug-likeness (QED) is 0.865. The zero-order valence-electron chi connectivity index (χ0n) is 12.8. The van der Waals surface area contributed by atoms with Crippen LogP contribution in [0, 0.1) is 13.8 Å². The first-order chi connectivity index (χ1) is 10.3. The molecule has 7 nitrogen and oxygen atoms in total. The molecule has 0 aliphatic heterocycles. The first-order valence-electron chi connectivity index (χ1n) is 6.81. The van der Waals surface area contributed by atoms with Crippen LogP contribution in [0.2, 0.25) is 0 Å². The van der Waals surface area contributed by atoms with Crippen molar-refractivity contribution in [3.05, 3.63) is 34.7 Å². The van der Waals surface area contributed by atoms with Gasteiger partial charge in [0.15, 0.2) is 0 Å². The Hall–Kier alpha value is -1.77. The summed E-state index contributed by atoms with van der Waals surface area (Å²) in [5.41, 5.74) is 3.10. The van der Waals surface area contributed by atoms with E-state index in [9.17, 15) is 8.42 Å². The molecule has 22 heavy (non-hydrogen) atoms. The molecule has 2 rings (SSSR count). The van der Waals surface area contributed by atoms with E-state index in [0.717, 1.165) is 16.7 Å². The molecule has 0 unspecified atom stereocenters. The molecule has 0 amide bonds. The molecule has 0 saturated heterocycles. The van der Waals surface area contributed by atoms with Gasteiger partial charge < -0.3 is 9.26 Å². The first kappa shape index (κ1) is 16.6. The third-order valence-corrected chi connectivity index (χ3v) is 3.89. The second-order valence-corrected chi connectivity index (χ2v) is 6.66. The SMILES string of the molecule is CCOCc1nc(-c2cc(C)c(CS(N)(=O)=O)c(C)c2)no1. The number of sulfonamides is 1. The second-order valence-electron chi connectivity index (χ2n) is 5.04. The maximum Gasteiger partial charge on any atom is 0.252 e. The fourth-order valence-electron chi connectivity index (χ4n) is 2.17. The fourth-order valence-corrected chi connectivity index (χ4v) is 3.03. The number of rotatable bonds is 6. The molecule has 0 spiro atoms. The van der Waals surface area contributed by atoms with E-state index in [2.05, 4.69) is 10.1 Å². The molecule has 0 aliphatic carbocycles. The number of nitrogens with two attached hydrogens (primary N) is 1. The summed E-state index contributed by atoms with van der Waals surface area (Å²) in [6.07, 6.45) is 0. The molecule has 0 fully saturated rings. The van der Waals surface area contributed by atoms with Gasteiger partial charge in [-0.2, -0.15) is 4.98 Å². The van der Waals surface area contributed by atoms with Crippen LogP contribution in [0.5, 0.6) is 0 Å². The van der Waals surface area contributed by atoms with E-state index in [4.69, 9.17) is 14.4 Å². The minimum absolute atomic E-state index is 0.188. The van der Waals surface area contributed by atoms with Crippen molar-refractivity contribution in [2.75, 3.05) is 6.61 Å². The Morgan fingerprint density at radius 3 is 2.45 bits per heavy atom. The number of benzene rings is 1. The predicted octanol–water partition coefficient (Wildman–Crippen LogP) is 1.68. The molecule has 0 saturated carbocycles. The molecule has 0 atom stereocenters. The highest BCUT2D eigenvalue weighted by Gasteiger charge is 2.15. The van der Waals surface area contributed by atoms with Gasteiger partial charge >= 0.3 is 0 Å². The van der Waals surface area contributed by atoms with Crippen molar-refractivity contribution in [2.45, 2.75) is 33.1 Å². The van der Waals surface area contributed by atoms with Crippen LogP contribution < -0.4 is 5.14 Å². The Morgan fingerprint density at radius 2 is 1.91 bits per heavy atom. The van der Waals surface area contributed by atoms with Crippen molar-refractivity contribution in [3.8, 4) is 11.4 Å². The predicted molar refractivity (Wildman–Crippen MR) is 81.3 cm³/mol. The van der Waals surface area contributed by atoms with Crippen molar-refractivity contribution >= 4 is 10.0 Å². The van der Waals surface area contributed by atoms with Gasteiger partial charge in [-0.1, -0.05) is 5.16 Å². The third kappa shape index (κ3) is 4.12. The lowest BCUT2D eigenvalue weighted by Gasteiger charge is -2.10. The maximum atomic E-state index is 11.3. The summed E-state index contributed by atoms with van der Waals surface area (Å²) in [6.45, 7) is 6.38. The van der Waals surface area contributed by atoms with Crippen molar-refractivity contribution in [3.63, 3.8) is 0 Å². The lowest BCUT2D eigenvalue weighted by molar-refractivity contribution is 0.109. The van der Waals surface area contributed by atoms with Gasteiger partial charge in [0.1, 0.15) is 6.61 Å². The summed E-state index contributed by atoms with van der Waals surface area (Å²) in [4.78, 5) is 4.26. The Kier molecular flexibility index (Phi) is 4.94. The summed E-state index contributed by atoms with van der Waals surface area (Å²) in [5.74, 6) is 0.663. The molecule has 0 bridgehead atoms. The van der Waals surface area contributed by atoms with Gasteiger partial charge in [-0.3, -0.25) is 0 Å². The summed E-state index contributed by atoms with van der Waals surface area (Å²) >= 11 is 0. The zero-order valence-corrected chi connectivity index (χ0v) is 13.6. The molecule has 0 radical (unpaired) electrons. The minimum atomic E-state index is -3.57. The normalized spacial score (nSPS) is 11.8. The van der Waals surface area contributed by atoms with Gasteiger partial charge in [0.05, 0.1) is 5.75 Å². The van der Waals surface area contributed by atoms with Gasteiger partial charge in [0, 0.05) is 12.2 Å². The molecule has 0 aliphatic rings. The van der Waals surface area contributed by atoms with Gasteiger partial charge in [0.2, 0.25) is 15.8 Å². The lowest BCUT2D eigenvalue weighted by atomic mass is 10.0. The van der Waals surface area contributed by atoms with Crippen molar-refractivity contribution in [2.24, 2.45) is 5.14 Å². The number of aryl methyl sites for hydroxylation is 2. The van der Waals surface area contributed by atoms with Crippen LogP contribution in [0.4, 0.5) is 0 Å². The Balaban J connectivity index is 2.32. The van der Waals surface area contributed by atoms with E-state index in [1.54, 1.807) is 0 Å². The number of ether oxygens (including phenoxy) is 1. The van der Waals surface area contributed by atoms with Crippen LogP contribution in [0.25, 0.3) is 11.4 Å². The largest absolute Gasteiger partial charge is 0.372 e. The molecular formula is C14H19N3O4S. The number of aromatic nitrogens is 2. The summed E-state index contributed by atoms with van der Waals surface area (Å²) in [7, 11) is -3.57. The Bertz CT molecular complexity index is 745. The van der Waals surface area contributed by atoms with Crippen molar-refractivity contribution in [1.29, 1.82) is 0 Å². The average molecular weight is 325 g/mol. The Labute approximate surface area is 129 Å². The summed E-state index contributed by atoms with van der Waals surface area (Å²) in [5, 5.41) is 9.04. The minimum Gasteiger partial charge on any atom is -0.372 e. The van der Waals surface area contributed by atoms with E-state index in [0.29, 0.717) is 23.9 Å². The Morgan fingerprint density at radius 1 is 1.27 bits per heavy atom. The van der Waals surface area contributed by atoms with E-state index >= 15 is 0 Å². The van der Waals surface area contributed by atoms with E-state index in [-0.39, 0.29) is 12.4 Å². The van der Waals surface area contributed by atoms with Gasteiger partial charge in [0.25, 0.3) is 5.89 Å². The molecule has 1 aromatic carbocycles. The standard InChI is InChI=1S/C14H19N3O4S/c1-4-20-7-13-16-14(17-21-13)11-5-9(2)12(10(3)6-11)8-22(15,18)19/h5-6H,4,7-8H2,1-3H3,(H2,15,18,19). The van der Waals surface area contributed by atoms with Crippen LogP contribution >= 0.6 is 0 Å². The van der Waals surface area contributed by atoms with Crippen LogP contribution in [-0.4, -0.2) is 25.2 Å². The van der Waals surface area contributed by atoms with Gasteiger partial charge in [-0.05, 0) is 49.6 Å². The molecule has 120 valence electrons. The highest BCUT2D eigenvalue weighted by molar-refractivity contribution is 7.88.